The summed E-state index contributed by atoms with van der Waals surface area (Å²) in [4.78, 5) is 5.89. The first-order chi connectivity index (χ1) is 12.3. The molecule has 1 aliphatic carbocycles. The summed E-state index contributed by atoms with van der Waals surface area (Å²) in [6, 6.07) is 3.87. The van der Waals surface area contributed by atoms with Crippen molar-refractivity contribution >= 4 is 52.7 Å². The number of aryl methyl sites for hydroxylation is 1. The lowest BCUT2D eigenvalue weighted by molar-refractivity contribution is -0.275. The molecule has 0 saturated heterocycles. The van der Waals surface area contributed by atoms with Gasteiger partial charge in [-0.1, -0.05) is 28.4 Å². The van der Waals surface area contributed by atoms with Crippen molar-refractivity contribution in [2.45, 2.75) is 43.9 Å². The van der Waals surface area contributed by atoms with Gasteiger partial charge in [0.25, 0.3) is 5.60 Å². The van der Waals surface area contributed by atoms with E-state index in [4.69, 9.17) is 28.0 Å². The summed E-state index contributed by atoms with van der Waals surface area (Å²) in [5, 5.41) is 6.14. The smallest absolute Gasteiger partial charge is 0.374 e. The zero-order valence-corrected chi connectivity index (χ0v) is 17.1. The van der Waals surface area contributed by atoms with Crippen LogP contribution in [0.1, 0.15) is 40.8 Å². The second-order valence-electron chi connectivity index (χ2n) is 6.56. The van der Waals surface area contributed by atoms with Crippen molar-refractivity contribution in [1.82, 2.24) is 0 Å². The van der Waals surface area contributed by atoms with E-state index in [0.29, 0.717) is 5.71 Å². The quantitative estimate of drug-likeness (QED) is 0.480. The van der Waals surface area contributed by atoms with Gasteiger partial charge in [0.1, 0.15) is 5.71 Å². The van der Waals surface area contributed by atoms with Crippen molar-refractivity contribution in [2.75, 3.05) is 0 Å². The monoisotopic (exact) mass is 455 g/mol. The van der Waals surface area contributed by atoms with Gasteiger partial charge >= 0.3 is 6.18 Å². The summed E-state index contributed by atoms with van der Waals surface area (Å²) in [6.07, 6.45) is -1.06. The molecule has 0 bridgehead atoms. The van der Waals surface area contributed by atoms with Gasteiger partial charge in [-0.05, 0) is 60.4 Å². The summed E-state index contributed by atoms with van der Waals surface area (Å²) in [5.74, 6) is 0. The lowest BCUT2D eigenvalue weighted by Gasteiger charge is -2.29. The van der Waals surface area contributed by atoms with Crippen LogP contribution in [-0.4, -0.2) is 11.9 Å². The molecule has 0 amide bonds. The molecule has 27 heavy (non-hydrogen) atoms. The molecule has 9 heteroatoms. The fourth-order valence-electron chi connectivity index (χ4n) is 3.57. The molecule has 2 aliphatic rings. The van der Waals surface area contributed by atoms with Gasteiger partial charge < -0.3 is 4.84 Å². The Morgan fingerprint density at radius 1 is 1.07 bits per heavy atom. The Kier molecular flexibility index (Phi) is 5.75. The highest BCUT2D eigenvalue weighted by atomic mass is 35.5. The first kappa shape index (κ1) is 20.8. The molecule has 1 aromatic carbocycles. The van der Waals surface area contributed by atoms with Crippen LogP contribution in [0.2, 0.25) is 10.0 Å². The van der Waals surface area contributed by atoms with Crippen molar-refractivity contribution in [3.05, 3.63) is 55.2 Å². The van der Waals surface area contributed by atoms with Crippen LogP contribution in [0.15, 0.2) is 28.7 Å². The van der Waals surface area contributed by atoms with Crippen molar-refractivity contribution in [3.8, 4) is 0 Å². The van der Waals surface area contributed by atoms with Crippen LogP contribution in [0.4, 0.5) is 13.2 Å². The van der Waals surface area contributed by atoms with Gasteiger partial charge in [0, 0.05) is 15.6 Å². The van der Waals surface area contributed by atoms with Crippen LogP contribution < -0.4 is 0 Å². The van der Waals surface area contributed by atoms with Crippen molar-refractivity contribution in [2.24, 2.45) is 5.16 Å². The molecule has 1 aliphatic heterocycles. The van der Waals surface area contributed by atoms with Crippen LogP contribution in [0, 0.1) is 0 Å². The minimum atomic E-state index is -4.66. The highest BCUT2D eigenvalue weighted by molar-refractivity contribution is 7.12. The van der Waals surface area contributed by atoms with Gasteiger partial charge in [-0.25, -0.2) is 0 Å². The lowest BCUT2D eigenvalue weighted by atomic mass is 9.86. The molecule has 2 nitrogen and oxygen atoms in total. The van der Waals surface area contributed by atoms with E-state index in [1.165, 1.54) is 35.1 Å². The number of nitrogens with zero attached hydrogens (tertiary/aromatic N) is 1. The Morgan fingerprint density at radius 2 is 1.74 bits per heavy atom. The number of fused-ring (bicyclic) bond motifs is 1. The normalized spacial score (nSPS) is 21.9. The van der Waals surface area contributed by atoms with E-state index in [1.807, 2.05) is 5.38 Å². The largest absolute Gasteiger partial charge is 0.435 e. The van der Waals surface area contributed by atoms with Crippen LogP contribution in [0.3, 0.4) is 0 Å². The Labute approximate surface area is 174 Å². The first-order valence-corrected chi connectivity index (χ1v) is 9.82. The maximum atomic E-state index is 14.0. The summed E-state index contributed by atoms with van der Waals surface area (Å²) < 4.78 is 42.1. The third-order valence-electron chi connectivity index (χ3n) is 4.88. The van der Waals surface area contributed by atoms with Crippen LogP contribution in [0.5, 0.6) is 0 Å². The predicted octanol–water partition coefficient (Wildman–Crippen LogP) is 6.94. The number of oxime groups is 1. The van der Waals surface area contributed by atoms with E-state index in [2.05, 4.69) is 5.16 Å². The third-order valence-corrected chi connectivity index (χ3v) is 6.44. The molecule has 1 unspecified atom stereocenters. The van der Waals surface area contributed by atoms with Gasteiger partial charge in [-0.15, -0.1) is 23.7 Å². The number of halogens is 6. The Bertz CT molecular complexity index is 876. The average Bonchev–Trinajstić information content (AvgIpc) is 3.18. The number of thiophene rings is 1. The third kappa shape index (κ3) is 3.57. The molecular weight excluding hydrogens is 442 g/mol. The zero-order valence-electron chi connectivity index (χ0n) is 13.9. The molecule has 0 fully saturated rings. The molecule has 1 atom stereocenters. The second kappa shape index (κ2) is 7.47. The molecule has 0 saturated carbocycles. The topological polar surface area (TPSA) is 21.6 Å². The molecule has 0 N–H and O–H groups in total. The minimum absolute atomic E-state index is 0. The van der Waals surface area contributed by atoms with Crippen molar-refractivity contribution in [1.29, 1.82) is 0 Å². The van der Waals surface area contributed by atoms with E-state index in [-0.39, 0.29) is 34.4 Å². The van der Waals surface area contributed by atoms with Gasteiger partial charge in [-0.3, -0.25) is 0 Å². The first-order valence-electron chi connectivity index (χ1n) is 8.18. The molecule has 4 rings (SSSR count). The van der Waals surface area contributed by atoms with Gasteiger partial charge in [0.05, 0.1) is 11.3 Å². The Hall–Kier alpha value is -0.950. The molecule has 1 aromatic heterocycles. The molecule has 0 spiro atoms. The van der Waals surface area contributed by atoms with Crippen LogP contribution in [-0.2, 0) is 23.3 Å². The summed E-state index contributed by atoms with van der Waals surface area (Å²) in [7, 11) is 0. The number of hydrogen-bond donors (Lipinski definition) is 0. The minimum Gasteiger partial charge on any atom is -0.374 e. The van der Waals surface area contributed by atoms with E-state index in [1.54, 1.807) is 0 Å². The summed E-state index contributed by atoms with van der Waals surface area (Å²) in [5.41, 5.74) is -0.0270. The highest BCUT2D eigenvalue weighted by Gasteiger charge is 2.62. The van der Waals surface area contributed by atoms with Gasteiger partial charge in [0.15, 0.2) is 0 Å². The molecule has 2 heterocycles. The molecular formula is C18H15Cl3F3NOS. The fraction of sp³-hybridized carbons (Fsp3) is 0.389. The number of rotatable bonds is 2. The average molecular weight is 457 g/mol. The number of benzene rings is 1. The fourth-order valence-corrected chi connectivity index (χ4v) is 5.24. The predicted molar refractivity (Wildman–Crippen MR) is 105 cm³/mol. The SMILES string of the molecule is Cl.FC(F)(F)C1(c2cc(Cl)cc(Cl)c2)CC(c2scc3c2CCCC3)=NO1. The van der Waals surface area contributed by atoms with E-state index < -0.39 is 11.8 Å². The molecule has 146 valence electrons. The van der Waals surface area contributed by atoms with Gasteiger partial charge in [-0.2, -0.15) is 13.2 Å². The highest BCUT2D eigenvalue weighted by Crippen LogP contribution is 2.50. The van der Waals surface area contributed by atoms with Crippen molar-refractivity contribution < 1.29 is 18.0 Å². The molecule has 2 aromatic rings. The zero-order chi connectivity index (χ0) is 18.5. The van der Waals surface area contributed by atoms with Crippen molar-refractivity contribution in [3.63, 3.8) is 0 Å². The van der Waals surface area contributed by atoms with Gasteiger partial charge in [0.2, 0.25) is 0 Å². The molecule has 0 radical (unpaired) electrons. The van der Waals surface area contributed by atoms with Crippen LogP contribution in [0.25, 0.3) is 0 Å². The van der Waals surface area contributed by atoms with E-state index >= 15 is 0 Å². The van der Waals surface area contributed by atoms with E-state index in [9.17, 15) is 13.2 Å². The number of hydrogen-bond acceptors (Lipinski definition) is 3. The Balaban J connectivity index is 0.00000210. The standard InChI is InChI=1S/C18H14Cl2F3NOS.ClH/c19-12-5-11(6-13(20)7-12)17(18(21,22)23)8-15(24-25-17)16-14-4-2-1-3-10(14)9-26-16;/h5-7,9H,1-4,8H2;1H. The Morgan fingerprint density at radius 3 is 2.41 bits per heavy atom. The van der Waals surface area contributed by atoms with E-state index in [0.717, 1.165) is 36.1 Å². The maximum Gasteiger partial charge on any atom is 0.435 e. The van der Waals surface area contributed by atoms with Crippen LogP contribution >= 0.6 is 46.9 Å². The lowest BCUT2D eigenvalue weighted by Crippen LogP contribution is -2.42. The summed E-state index contributed by atoms with van der Waals surface area (Å²) >= 11 is 13.3. The second-order valence-corrected chi connectivity index (χ2v) is 8.32. The maximum absolute atomic E-state index is 14.0. The summed E-state index contributed by atoms with van der Waals surface area (Å²) in [6.45, 7) is 0. The number of alkyl halides is 3.